The Morgan fingerprint density at radius 2 is 2.00 bits per heavy atom. The third kappa shape index (κ3) is 4.11. The first-order valence-corrected chi connectivity index (χ1v) is 7.83. The minimum atomic E-state index is -0.883. The van der Waals surface area contributed by atoms with E-state index < -0.39 is 12.1 Å². The first-order valence-electron chi connectivity index (χ1n) is 7.83. The van der Waals surface area contributed by atoms with Gasteiger partial charge >= 0.3 is 5.97 Å². The monoisotopic (exact) mass is 312 g/mol. The summed E-state index contributed by atoms with van der Waals surface area (Å²) in [6.45, 7) is 1.01. The molecule has 23 heavy (non-hydrogen) atoms. The highest BCUT2D eigenvalue weighted by Gasteiger charge is 2.28. The summed E-state index contributed by atoms with van der Waals surface area (Å²) in [7, 11) is 0. The van der Waals surface area contributed by atoms with E-state index in [4.69, 9.17) is 14.6 Å². The number of carboxylic acid groups (broad SMARTS) is 1. The summed E-state index contributed by atoms with van der Waals surface area (Å²) in [5.74, 6) is 0.126. The molecule has 0 radical (unpaired) electrons. The average Bonchev–Trinajstić information content (AvgIpc) is 2.61. The van der Waals surface area contributed by atoms with Crippen molar-refractivity contribution in [2.45, 2.75) is 31.5 Å². The molecule has 2 aromatic rings. The van der Waals surface area contributed by atoms with Gasteiger partial charge in [0.1, 0.15) is 12.4 Å². The molecule has 0 saturated carbocycles. The van der Waals surface area contributed by atoms with Gasteiger partial charge in [0.05, 0.1) is 0 Å². The predicted molar refractivity (Wildman–Crippen MR) is 86.6 cm³/mol. The van der Waals surface area contributed by atoms with Crippen LogP contribution >= 0.6 is 0 Å². The van der Waals surface area contributed by atoms with Crippen molar-refractivity contribution in [1.29, 1.82) is 0 Å². The molecule has 1 N–H and O–H groups in total. The fraction of sp³-hybridized carbons (Fsp3) is 0.316. The quantitative estimate of drug-likeness (QED) is 0.916. The lowest BCUT2D eigenvalue weighted by Gasteiger charge is -2.27. The van der Waals surface area contributed by atoms with Gasteiger partial charge < -0.3 is 14.6 Å². The summed E-state index contributed by atoms with van der Waals surface area (Å²) in [6.07, 6.45) is 0.645. The van der Waals surface area contributed by atoms with E-state index in [0.717, 1.165) is 23.3 Å². The van der Waals surface area contributed by atoms with Crippen molar-refractivity contribution < 1.29 is 19.4 Å². The maximum atomic E-state index is 11.1. The summed E-state index contributed by atoms with van der Waals surface area (Å²) in [6, 6.07) is 17.9. The van der Waals surface area contributed by atoms with Crippen LogP contribution < -0.4 is 4.74 Å². The van der Waals surface area contributed by atoms with Gasteiger partial charge in [-0.05, 0) is 42.0 Å². The van der Waals surface area contributed by atoms with Crippen LogP contribution in [0.2, 0.25) is 0 Å². The number of hydrogen-bond acceptors (Lipinski definition) is 3. The lowest BCUT2D eigenvalue weighted by molar-refractivity contribution is -0.153. The largest absolute Gasteiger partial charge is 0.489 e. The molecule has 2 atom stereocenters. The second-order valence-electron chi connectivity index (χ2n) is 5.77. The lowest BCUT2D eigenvalue weighted by Crippen LogP contribution is -2.31. The second-order valence-corrected chi connectivity index (χ2v) is 5.77. The zero-order valence-corrected chi connectivity index (χ0v) is 12.9. The zero-order valence-electron chi connectivity index (χ0n) is 12.9. The summed E-state index contributed by atoms with van der Waals surface area (Å²) < 4.78 is 11.1. The lowest BCUT2D eigenvalue weighted by atomic mass is 9.88. The van der Waals surface area contributed by atoms with E-state index in [1.54, 1.807) is 0 Å². The predicted octanol–water partition coefficient (Wildman–Crippen LogP) is 3.61. The minimum Gasteiger partial charge on any atom is -0.489 e. The van der Waals surface area contributed by atoms with Crippen molar-refractivity contribution in [1.82, 2.24) is 0 Å². The molecule has 3 rings (SSSR count). The van der Waals surface area contributed by atoms with Crippen molar-refractivity contribution in [2.24, 2.45) is 0 Å². The molecule has 1 saturated heterocycles. The van der Waals surface area contributed by atoms with E-state index >= 15 is 0 Å². The molecular formula is C19H20O4. The van der Waals surface area contributed by atoms with Crippen molar-refractivity contribution in [3.05, 3.63) is 65.7 Å². The zero-order chi connectivity index (χ0) is 16.1. The first-order chi connectivity index (χ1) is 11.2. The molecule has 2 unspecified atom stereocenters. The van der Waals surface area contributed by atoms with Crippen LogP contribution in [-0.2, 0) is 16.1 Å². The standard InChI is InChI=1S/C19H20O4/c20-19(21)18-12-16(9-10-22-18)15-7-4-8-17(11-15)23-13-14-5-2-1-3-6-14/h1-8,11,16,18H,9-10,12-13H2,(H,20,21). The Kier molecular flexibility index (Phi) is 4.93. The highest BCUT2D eigenvalue weighted by molar-refractivity contribution is 5.72. The summed E-state index contributed by atoms with van der Waals surface area (Å²) in [5, 5.41) is 9.12. The normalized spacial score (nSPS) is 20.9. The number of rotatable bonds is 5. The minimum absolute atomic E-state index is 0.199. The second kappa shape index (κ2) is 7.29. The van der Waals surface area contributed by atoms with E-state index in [2.05, 4.69) is 0 Å². The molecule has 4 nitrogen and oxygen atoms in total. The molecule has 120 valence electrons. The molecule has 0 aromatic heterocycles. The Bertz CT molecular complexity index is 653. The van der Waals surface area contributed by atoms with Gasteiger partial charge in [-0.3, -0.25) is 0 Å². The van der Waals surface area contributed by atoms with Gasteiger partial charge in [-0.1, -0.05) is 42.5 Å². The first kappa shape index (κ1) is 15.6. The van der Waals surface area contributed by atoms with E-state index in [1.807, 2.05) is 54.6 Å². The highest BCUT2D eigenvalue weighted by atomic mass is 16.5. The van der Waals surface area contributed by atoms with Gasteiger partial charge in [-0.25, -0.2) is 4.79 Å². The van der Waals surface area contributed by atoms with Crippen LogP contribution in [0.25, 0.3) is 0 Å². The fourth-order valence-corrected chi connectivity index (χ4v) is 2.87. The summed E-state index contributed by atoms with van der Waals surface area (Å²) in [5.41, 5.74) is 2.24. The molecule has 1 aliphatic rings. The Morgan fingerprint density at radius 1 is 1.17 bits per heavy atom. The van der Waals surface area contributed by atoms with E-state index in [9.17, 15) is 4.79 Å². The molecule has 1 heterocycles. The Labute approximate surface area is 135 Å². The summed E-state index contributed by atoms with van der Waals surface area (Å²) >= 11 is 0. The molecular weight excluding hydrogens is 292 g/mol. The summed E-state index contributed by atoms with van der Waals surface area (Å²) in [4.78, 5) is 11.1. The van der Waals surface area contributed by atoms with E-state index in [0.29, 0.717) is 19.6 Å². The highest BCUT2D eigenvalue weighted by Crippen LogP contribution is 2.32. The third-order valence-electron chi connectivity index (χ3n) is 4.14. The van der Waals surface area contributed by atoms with Crippen molar-refractivity contribution >= 4 is 5.97 Å². The SMILES string of the molecule is O=C(O)C1CC(c2cccc(OCc3ccccc3)c2)CCO1. The molecule has 2 aromatic carbocycles. The van der Waals surface area contributed by atoms with E-state index in [1.165, 1.54) is 0 Å². The van der Waals surface area contributed by atoms with Gasteiger partial charge in [-0.2, -0.15) is 0 Å². The molecule has 4 heteroatoms. The third-order valence-corrected chi connectivity index (χ3v) is 4.14. The van der Waals surface area contributed by atoms with Crippen molar-refractivity contribution in [3.8, 4) is 5.75 Å². The molecule has 0 spiro atoms. The van der Waals surface area contributed by atoms with Gasteiger partial charge in [0.2, 0.25) is 0 Å². The Hall–Kier alpha value is -2.33. The fourth-order valence-electron chi connectivity index (χ4n) is 2.87. The maximum Gasteiger partial charge on any atom is 0.332 e. The Balaban J connectivity index is 1.66. The molecule has 0 bridgehead atoms. The topological polar surface area (TPSA) is 55.8 Å². The van der Waals surface area contributed by atoms with Crippen LogP contribution in [0.3, 0.4) is 0 Å². The number of hydrogen-bond donors (Lipinski definition) is 1. The molecule has 0 aliphatic carbocycles. The average molecular weight is 312 g/mol. The number of benzene rings is 2. The van der Waals surface area contributed by atoms with E-state index in [-0.39, 0.29) is 5.92 Å². The van der Waals surface area contributed by atoms with Crippen LogP contribution in [0, 0.1) is 0 Å². The van der Waals surface area contributed by atoms with Crippen LogP contribution in [0.1, 0.15) is 29.9 Å². The smallest absolute Gasteiger partial charge is 0.332 e. The van der Waals surface area contributed by atoms with Crippen LogP contribution in [0.5, 0.6) is 5.75 Å². The number of aliphatic carboxylic acids is 1. The van der Waals surface area contributed by atoms with Gasteiger partial charge in [0.25, 0.3) is 0 Å². The van der Waals surface area contributed by atoms with Crippen LogP contribution in [0.15, 0.2) is 54.6 Å². The van der Waals surface area contributed by atoms with Gasteiger partial charge in [0, 0.05) is 6.61 Å². The number of carbonyl (C=O) groups is 1. The number of carboxylic acids is 1. The molecule has 0 amide bonds. The number of ether oxygens (including phenoxy) is 2. The molecule has 1 fully saturated rings. The van der Waals surface area contributed by atoms with Gasteiger partial charge in [-0.15, -0.1) is 0 Å². The van der Waals surface area contributed by atoms with Gasteiger partial charge in [0.15, 0.2) is 6.10 Å². The molecule has 1 aliphatic heterocycles. The van der Waals surface area contributed by atoms with Crippen LogP contribution in [0.4, 0.5) is 0 Å². The van der Waals surface area contributed by atoms with Crippen molar-refractivity contribution in [2.75, 3.05) is 6.61 Å². The maximum absolute atomic E-state index is 11.1. The van der Waals surface area contributed by atoms with Crippen molar-refractivity contribution in [3.63, 3.8) is 0 Å². The Morgan fingerprint density at radius 3 is 2.78 bits per heavy atom. The van der Waals surface area contributed by atoms with Crippen LogP contribution in [-0.4, -0.2) is 23.8 Å².